The number of amides is 1. The number of nitrogens with one attached hydrogen (secondary N) is 1. The maximum absolute atomic E-state index is 13.3. The molecule has 1 aromatic rings. The molecule has 0 saturated heterocycles. The summed E-state index contributed by atoms with van der Waals surface area (Å²) < 4.78 is 18.8. The van der Waals surface area contributed by atoms with Crippen LogP contribution in [0.4, 0.5) is 10.1 Å². The summed E-state index contributed by atoms with van der Waals surface area (Å²) in [6.07, 6.45) is 5.18. The number of carbonyl (C=O) groups is 1. The summed E-state index contributed by atoms with van der Waals surface area (Å²) in [7, 11) is 0. The SMILES string of the molecule is CCCOc1cc(F)ccc1NC(=O)CC1(O)CCCCC1. The van der Waals surface area contributed by atoms with E-state index in [2.05, 4.69) is 5.32 Å². The van der Waals surface area contributed by atoms with E-state index >= 15 is 0 Å². The van der Waals surface area contributed by atoms with E-state index in [-0.39, 0.29) is 12.3 Å². The minimum Gasteiger partial charge on any atom is -0.491 e. The van der Waals surface area contributed by atoms with Gasteiger partial charge in [-0.05, 0) is 31.4 Å². The molecule has 1 aliphatic rings. The smallest absolute Gasteiger partial charge is 0.227 e. The normalized spacial score (nSPS) is 17.0. The third kappa shape index (κ3) is 4.70. The first-order chi connectivity index (χ1) is 10.5. The molecular formula is C17H24FNO3. The Bertz CT molecular complexity index is 513. The highest BCUT2D eigenvalue weighted by atomic mass is 19.1. The number of carbonyl (C=O) groups excluding carboxylic acids is 1. The fraction of sp³-hybridized carbons (Fsp3) is 0.588. The maximum atomic E-state index is 13.3. The van der Waals surface area contributed by atoms with Gasteiger partial charge in [0.05, 0.1) is 24.3 Å². The molecule has 0 aliphatic heterocycles. The van der Waals surface area contributed by atoms with Crippen molar-refractivity contribution in [3.05, 3.63) is 24.0 Å². The molecule has 0 heterocycles. The summed E-state index contributed by atoms with van der Waals surface area (Å²) in [4.78, 5) is 12.2. The van der Waals surface area contributed by atoms with Crippen LogP contribution < -0.4 is 10.1 Å². The summed E-state index contributed by atoms with van der Waals surface area (Å²) in [6, 6.07) is 4.04. The van der Waals surface area contributed by atoms with Gasteiger partial charge in [-0.25, -0.2) is 4.39 Å². The van der Waals surface area contributed by atoms with E-state index < -0.39 is 11.4 Å². The number of ether oxygens (including phenoxy) is 1. The van der Waals surface area contributed by atoms with E-state index in [9.17, 15) is 14.3 Å². The largest absolute Gasteiger partial charge is 0.491 e. The molecule has 0 spiro atoms. The molecule has 1 saturated carbocycles. The van der Waals surface area contributed by atoms with Crippen molar-refractivity contribution in [2.75, 3.05) is 11.9 Å². The van der Waals surface area contributed by atoms with Crippen molar-refractivity contribution in [3.8, 4) is 5.75 Å². The number of aliphatic hydroxyl groups is 1. The molecule has 22 heavy (non-hydrogen) atoms. The topological polar surface area (TPSA) is 58.6 Å². The molecule has 2 N–H and O–H groups in total. The van der Waals surface area contributed by atoms with Gasteiger partial charge in [0.2, 0.25) is 5.91 Å². The Balaban J connectivity index is 2.01. The Morgan fingerprint density at radius 2 is 2.09 bits per heavy atom. The Kier molecular flexibility index (Phi) is 5.77. The van der Waals surface area contributed by atoms with Crippen molar-refractivity contribution in [1.29, 1.82) is 0 Å². The van der Waals surface area contributed by atoms with Crippen LogP contribution in [0.5, 0.6) is 5.75 Å². The average molecular weight is 309 g/mol. The second-order valence-electron chi connectivity index (χ2n) is 6.00. The average Bonchev–Trinajstić information content (AvgIpc) is 2.47. The Labute approximate surface area is 130 Å². The van der Waals surface area contributed by atoms with Gasteiger partial charge in [0.15, 0.2) is 0 Å². The van der Waals surface area contributed by atoms with Gasteiger partial charge in [0.25, 0.3) is 0 Å². The Morgan fingerprint density at radius 3 is 2.77 bits per heavy atom. The van der Waals surface area contributed by atoms with E-state index in [0.717, 1.165) is 25.7 Å². The van der Waals surface area contributed by atoms with Crippen LogP contribution in [0.25, 0.3) is 0 Å². The highest BCUT2D eigenvalue weighted by Gasteiger charge is 2.31. The molecule has 1 aromatic carbocycles. The molecule has 0 unspecified atom stereocenters. The van der Waals surface area contributed by atoms with Gasteiger partial charge in [0.1, 0.15) is 11.6 Å². The lowest BCUT2D eigenvalue weighted by Crippen LogP contribution is -2.35. The number of rotatable bonds is 6. The predicted octanol–water partition coefficient (Wildman–Crippen LogP) is 3.64. The maximum Gasteiger partial charge on any atom is 0.227 e. The predicted molar refractivity (Wildman–Crippen MR) is 83.5 cm³/mol. The summed E-state index contributed by atoms with van der Waals surface area (Å²) >= 11 is 0. The summed E-state index contributed by atoms with van der Waals surface area (Å²) in [5.74, 6) is -0.349. The standard InChI is InChI=1S/C17H24FNO3/c1-2-10-22-15-11-13(18)6-7-14(15)19-16(20)12-17(21)8-4-3-5-9-17/h6-7,11,21H,2-5,8-10,12H2,1H3,(H,19,20). The number of hydrogen-bond donors (Lipinski definition) is 2. The summed E-state index contributed by atoms with van der Waals surface area (Å²) in [5.41, 5.74) is -0.466. The number of anilines is 1. The molecule has 122 valence electrons. The molecule has 0 bridgehead atoms. The number of hydrogen-bond acceptors (Lipinski definition) is 3. The van der Waals surface area contributed by atoms with E-state index in [0.29, 0.717) is 30.9 Å². The van der Waals surface area contributed by atoms with Crippen LogP contribution in [0.2, 0.25) is 0 Å². The zero-order valence-corrected chi connectivity index (χ0v) is 13.0. The molecule has 1 fully saturated rings. The minimum atomic E-state index is -0.910. The van der Waals surface area contributed by atoms with Crippen LogP contribution >= 0.6 is 0 Å². The first kappa shape index (κ1) is 16.7. The third-order valence-electron chi connectivity index (χ3n) is 3.95. The van der Waals surface area contributed by atoms with Gasteiger partial charge in [-0.2, -0.15) is 0 Å². The van der Waals surface area contributed by atoms with Crippen LogP contribution in [-0.4, -0.2) is 23.2 Å². The molecule has 1 aliphatic carbocycles. The molecule has 4 nitrogen and oxygen atoms in total. The fourth-order valence-electron chi connectivity index (χ4n) is 2.81. The molecule has 0 aromatic heterocycles. The van der Waals surface area contributed by atoms with Gasteiger partial charge < -0.3 is 15.2 Å². The first-order valence-electron chi connectivity index (χ1n) is 7.97. The van der Waals surface area contributed by atoms with Gasteiger partial charge >= 0.3 is 0 Å². The highest BCUT2D eigenvalue weighted by molar-refractivity contribution is 5.92. The zero-order valence-electron chi connectivity index (χ0n) is 13.0. The van der Waals surface area contributed by atoms with Crippen LogP contribution in [0, 0.1) is 5.82 Å². The van der Waals surface area contributed by atoms with Crippen molar-refractivity contribution in [3.63, 3.8) is 0 Å². The summed E-state index contributed by atoms with van der Waals surface area (Å²) in [5, 5.41) is 13.2. The molecule has 2 rings (SSSR count). The lowest BCUT2D eigenvalue weighted by molar-refractivity contribution is -0.122. The van der Waals surface area contributed by atoms with E-state index in [1.54, 1.807) is 0 Å². The van der Waals surface area contributed by atoms with Crippen molar-refractivity contribution in [1.82, 2.24) is 0 Å². The van der Waals surface area contributed by atoms with Crippen molar-refractivity contribution >= 4 is 11.6 Å². The van der Waals surface area contributed by atoms with Gasteiger partial charge in [0, 0.05) is 6.07 Å². The molecule has 5 heteroatoms. The number of benzene rings is 1. The van der Waals surface area contributed by atoms with Crippen molar-refractivity contribution in [2.45, 2.75) is 57.5 Å². The molecule has 1 amide bonds. The second-order valence-corrected chi connectivity index (χ2v) is 6.00. The summed E-state index contributed by atoms with van der Waals surface area (Å²) in [6.45, 7) is 2.41. The van der Waals surface area contributed by atoms with Gasteiger partial charge in [-0.1, -0.05) is 26.2 Å². The number of halogens is 1. The zero-order chi connectivity index (χ0) is 16.0. The molecular weight excluding hydrogens is 285 g/mol. The van der Waals surface area contributed by atoms with Crippen LogP contribution in [-0.2, 0) is 4.79 Å². The molecule has 0 atom stereocenters. The Hall–Kier alpha value is -1.62. The fourth-order valence-corrected chi connectivity index (χ4v) is 2.81. The van der Waals surface area contributed by atoms with E-state index in [1.165, 1.54) is 18.2 Å². The van der Waals surface area contributed by atoms with Crippen LogP contribution in [0.1, 0.15) is 51.9 Å². The van der Waals surface area contributed by atoms with Crippen molar-refractivity contribution in [2.24, 2.45) is 0 Å². The van der Waals surface area contributed by atoms with Gasteiger partial charge in [-0.3, -0.25) is 4.79 Å². The van der Waals surface area contributed by atoms with Gasteiger partial charge in [-0.15, -0.1) is 0 Å². The lowest BCUT2D eigenvalue weighted by Gasteiger charge is -2.31. The van der Waals surface area contributed by atoms with E-state index in [1.807, 2.05) is 6.92 Å². The quantitative estimate of drug-likeness (QED) is 0.843. The van der Waals surface area contributed by atoms with Crippen LogP contribution in [0.3, 0.4) is 0 Å². The second kappa shape index (κ2) is 7.58. The monoisotopic (exact) mass is 309 g/mol. The minimum absolute atomic E-state index is 0.0671. The molecule has 0 radical (unpaired) electrons. The van der Waals surface area contributed by atoms with E-state index in [4.69, 9.17) is 4.74 Å². The Morgan fingerprint density at radius 1 is 1.36 bits per heavy atom. The lowest BCUT2D eigenvalue weighted by atomic mass is 9.82. The highest BCUT2D eigenvalue weighted by Crippen LogP contribution is 2.32. The third-order valence-corrected chi connectivity index (χ3v) is 3.95. The first-order valence-corrected chi connectivity index (χ1v) is 7.97. The van der Waals surface area contributed by atoms with Crippen LogP contribution in [0.15, 0.2) is 18.2 Å². The van der Waals surface area contributed by atoms with Crippen molar-refractivity contribution < 1.29 is 19.0 Å².